The Morgan fingerprint density at radius 2 is 1.85 bits per heavy atom. The van der Waals surface area contributed by atoms with Crippen molar-refractivity contribution in [3.05, 3.63) is 27.2 Å². The fourth-order valence-corrected chi connectivity index (χ4v) is 1.83. The summed E-state index contributed by atoms with van der Waals surface area (Å²) in [5.74, 6) is 0. The van der Waals surface area contributed by atoms with Gasteiger partial charge in [-0.2, -0.15) is 13.2 Å². The van der Waals surface area contributed by atoms with Crippen LogP contribution in [-0.4, -0.2) is 0 Å². The van der Waals surface area contributed by atoms with Crippen LogP contribution < -0.4 is 5.73 Å². The zero-order valence-corrected chi connectivity index (χ0v) is 8.46. The van der Waals surface area contributed by atoms with E-state index in [9.17, 15) is 13.2 Å². The Labute approximate surface area is 85.8 Å². The van der Waals surface area contributed by atoms with Gasteiger partial charge in [-0.25, -0.2) is 0 Å². The van der Waals surface area contributed by atoms with Crippen LogP contribution in [0.15, 0.2) is 16.6 Å². The molecule has 1 aromatic rings. The molecule has 0 aliphatic rings. The SMILES string of the molecule is Nc1cc(Br)cc(Cl)c1C(F)(F)F. The molecule has 0 aliphatic carbocycles. The first kappa shape index (κ1) is 10.7. The fraction of sp³-hybridized carbons (Fsp3) is 0.143. The Kier molecular flexibility index (Phi) is 2.77. The van der Waals surface area contributed by atoms with Crippen LogP contribution in [0.4, 0.5) is 18.9 Å². The Balaban J connectivity index is 3.38. The second-order valence-electron chi connectivity index (χ2n) is 2.35. The molecule has 0 unspecified atom stereocenters. The molecule has 13 heavy (non-hydrogen) atoms. The van der Waals surface area contributed by atoms with Crippen molar-refractivity contribution in [1.82, 2.24) is 0 Å². The third-order valence-electron chi connectivity index (χ3n) is 1.37. The first-order valence-electron chi connectivity index (χ1n) is 3.14. The molecule has 0 saturated heterocycles. The molecule has 1 aromatic carbocycles. The van der Waals surface area contributed by atoms with Crippen molar-refractivity contribution in [1.29, 1.82) is 0 Å². The van der Waals surface area contributed by atoms with E-state index in [2.05, 4.69) is 15.9 Å². The lowest BCUT2D eigenvalue weighted by Gasteiger charge is -2.11. The van der Waals surface area contributed by atoms with Gasteiger partial charge in [-0.1, -0.05) is 27.5 Å². The average molecular weight is 274 g/mol. The quantitative estimate of drug-likeness (QED) is 0.717. The maximum absolute atomic E-state index is 12.3. The average Bonchev–Trinajstić information content (AvgIpc) is 1.78. The Morgan fingerprint density at radius 1 is 1.31 bits per heavy atom. The van der Waals surface area contributed by atoms with Gasteiger partial charge in [0.1, 0.15) is 0 Å². The summed E-state index contributed by atoms with van der Waals surface area (Å²) in [6.45, 7) is 0. The van der Waals surface area contributed by atoms with Crippen molar-refractivity contribution in [2.24, 2.45) is 0 Å². The van der Waals surface area contributed by atoms with Gasteiger partial charge < -0.3 is 5.73 Å². The number of alkyl halides is 3. The number of halogens is 5. The van der Waals surface area contributed by atoms with E-state index in [1.54, 1.807) is 0 Å². The van der Waals surface area contributed by atoms with E-state index >= 15 is 0 Å². The predicted molar refractivity (Wildman–Crippen MR) is 48.6 cm³/mol. The summed E-state index contributed by atoms with van der Waals surface area (Å²) in [6.07, 6.45) is -4.51. The topological polar surface area (TPSA) is 26.0 Å². The third-order valence-corrected chi connectivity index (χ3v) is 2.12. The molecule has 1 rings (SSSR count). The molecular formula is C7H4BrClF3N. The largest absolute Gasteiger partial charge is 0.419 e. The molecule has 0 aliphatic heterocycles. The molecule has 0 spiro atoms. The highest BCUT2D eigenvalue weighted by molar-refractivity contribution is 9.10. The molecule has 0 radical (unpaired) electrons. The first-order valence-corrected chi connectivity index (χ1v) is 4.31. The number of nitrogens with two attached hydrogens (primary N) is 1. The standard InChI is InChI=1S/C7H4BrClF3N/c8-3-1-4(9)6(5(13)2-3)7(10,11)12/h1-2H,13H2. The van der Waals surface area contributed by atoms with Gasteiger partial charge >= 0.3 is 6.18 Å². The van der Waals surface area contributed by atoms with Crippen molar-refractivity contribution < 1.29 is 13.2 Å². The highest BCUT2D eigenvalue weighted by Crippen LogP contribution is 2.40. The summed E-state index contributed by atoms with van der Waals surface area (Å²) in [4.78, 5) is 0. The highest BCUT2D eigenvalue weighted by Gasteiger charge is 2.35. The van der Waals surface area contributed by atoms with Crippen molar-refractivity contribution in [3.63, 3.8) is 0 Å². The molecule has 6 heteroatoms. The molecule has 2 N–H and O–H groups in total. The van der Waals surface area contributed by atoms with Gasteiger partial charge in [0.2, 0.25) is 0 Å². The first-order chi connectivity index (χ1) is 5.82. The second kappa shape index (κ2) is 3.38. The summed E-state index contributed by atoms with van der Waals surface area (Å²) in [5.41, 5.74) is 3.80. The fourth-order valence-electron chi connectivity index (χ4n) is 0.893. The van der Waals surface area contributed by atoms with Crippen molar-refractivity contribution >= 4 is 33.2 Å². The van der Waals surface area contributed by atoms with E-state index in [4.69, 9.17) is 17.3 Å². The maximum atomic E-state index is 12.3. The van der Waals surface area contributed by atoms with E-state index in [0.29, 0.717) is 4.47 Å². The second-order valence-corrected chi connectivity index (χ2v) is 3.67. The van der Waals surface area contributed by atoms with Crippen LogP contribution in [0.5, 0.6) is 0 Å². The lowest BCUT2D eigenvalue weighted by molar-refractivity contribution is -0.136. The molecule has 72 valence electrons. The van der Waals surface area contributed by atoms with E-state index < -0.39 is 16.8 Å². The molecule has 0 bridgehead atoms. The predicted octanol–water partition coefficient (Wildman–Crippen LogP) is 3.70. The molecule has 1 nitrogen and oxygen atoms in total. The van der Waals surface area contributed by atoms with Gasteiger partial charge in [-0.3, -0.25) is 0 Å². The minimum absolute atomic E-state index is 0.383. The van der Waals surface area contributed by atoms with Gasteiger partial charge in [0.15, 0.2) is 0 Å². The minimum atomic E-state index is -4.51. The lowest BCUT2D eigenvalue weighted by atomic mass is 10.2. The van der Waals surface area contributed by atoms with Crippen LogP contribution in [-0.2, 0) is 6.18 Å². The normalized spacial score (nSPS) is 11.8. The van der Waals surface area contributed by atoms with Crippen molar-refractivity contribution in [2.75, 3.05) is 5.73 Å². The molecule has 0 amide bonds. The molecule has 0 aromatic heterocycles. The Morgan fingerprint density at radius 3 is 2.23 bits per heavy atom. The molecule has 0 saturated carbocycles. The number of benzene rings is 1. The van der Waals surface area contributed by atoms with Gasteiger partial charge in [-0.05, 0) is 12.1 Å². The van der Waals surface area contributed by atoms with Crippen molar-refractivity contribution in [3.8, 4) is 0 Å². The molecular weight excluding hydrogens is 270 g/mol. The third kappa shape index (κ3) is 2.28. The monoisotopic (exact) mass is 273 g/mol. The summed E-state index contributed by atoms with van der Waals surface area (Å²) in [7, 11) is 0. The van der Waals surface area contributed by atoms with Gasteiger partial charge in [0, 0.05) is 10.2 Å². The Hall–Kier alpha value is -0.420. The van der Waals surface area contributed by atoms with E-state index in [0.717, 1.165) is 12.1 Å². The van der Waals surface area contributed by atoms with Crippen molar-refractivity contribution in [2.45, 2.75) is 6.18 Å². The molecule has 0 atom stereocenters. The summed E-state index contributed by atoms with van der Waals surface area (Å²) in [5, 5.41) is -0.403. The smallest absolute Gasteiger partial charge is 0.398 e. The van der Waals surface area contributed by atoms with Crippen LogP contribution in [0.3, 0.4) is 0 Å². The number of hydrogen-bond acceptors (Lipinski definition) is 1. The number of rotatable bonds is 0. The number of anilines is 1. The lowest BCUT2D eigenvalue weighted by Crippen LogP contribution is -2.09. The summed E-state index contributed by atoms with van der Waals surface area (Å²) < 4.78 is 37.2. The maximum Gasteiger partial charge on any atom is 0.419 e. The molecule has 0 heterocycles. The zero-order valence-electron chi connectivity index (χ0n) is 6.12. The van der Waals surface area contributed by atoms with E-state index in [-0.39, 0.29) is 5.69 Å². The van der Waals surface area contributed by atoms with Gasteiger partial charge in [-0.15, -0.1) is 0 Å². The molecule has 0 fully saturated rings. The van der Waals surface area contributed by atoms with E-state index in [1.165, 1.54) is 0 Å². The number of nitrogen functional groups attached to an aromatic ring is 1. The number of hydrogen-bond donors (Lipinski definition) is 1. The Bertz CT molecular complexity index is 314. The summed E-state index contributed by atoms with van der Waals surface area (Å²) in [6, 6.07) is 2.31. The van der Waals surface area contributed by atoms with E-state index in [1.807, 2.05) is 0 Å². The van der Waals surface area contributed by atoms with Crippen LogP contribution in [0.2, 0.25) is 5.02 Å². The van der Waals surface area contributed by atoms with Crippen LogP contribution in [0.25, 0.3) is 0 Å². The highest BCUT2D eigenvalue weighted by atomic mass is 79.9. The summed E-state index contributed by atoms with van der Waals surface area (Å²) >= 11 is 8.37. The zero-order chi connectivity index (χ0) is 10.2. The van der Waals surface area contributed by atoms with Gasteiger partial charge in [0.25, 0.3) is 0 Å². The van der Waals surface area contributed by atoms with Crippen LogP contribution >= 0.6 is 27.5 Å². The van der Waals surface area contributed by atoms with Crippen LogP contribution in [0, 0.1) is 0 Å². The van der Waals surface area contributed by atoms with Crippen LogP contribution in [0.1, 0.15) is 5.56 Å². The van der Waals surface area contributed by atoms with Gasteiger partial charge in [0.05, 0.1) is 10.6 Å². The minimum Gasteiger partial charge on any atom is -0.398 e.